The van der Waals surface area contributed by atoms with Crippen molar-refractivity contribution < 1.29 is 29.3 Å². The lowest BCUT2D eigenvalue weighted by molar-refractivity contribution is -0.138. The quantitative estimate of drug-likeness (QED) is 0.425. The number of aliphatic carboxylic acids is 2. The van der Waals surface area contributed by atoms with Gasteiger partial charge in [0.25, 0.3) is 0 Å². The molecule has 2 N–H and O–H groups in total. The second-order valence-corrected chi connectivity index (χ2v) is 4.06. The van der Waals surface area contributed by atoms with Gasteiger partial charge in [0.05, 0.1) is 12.2 Å². The Balaban J connectivity index is 0. The SMILES string of the molecule is C=C(C)C(=O)O.C=C(C=C(CCC)C(=O)O)C(=O)OCC. The minimum Gasteiger partial charge on any atom is -0.478 e. The fraction of sp³-hybridized carbons (Fsp3) is 0.400. The van der Waals surface area contributed by atoms with Crippen molar-refractivity contribution in [3.05, 3.63) is 36.0 Å². The monoisotopic (exact) mass is 298 g/mol. The number of carboxylic acid groups (broad SMARTS) is 2. The van der Waals surface area contributed by atoms with Crippen LogP contribution < -0.4 is 0 Å². The van der Waals surface area contributed by atoms with Crippen molar-refractivity contribution >= 4 is 17.9 Å². The molecular formula is C15H22O6. The Morgan fingerprint density at radius 3 is 1.86 bits per heavy atom. The van der Waals surface area contributed by atoms with E-state index < -0.39 is 17.9 Å². The van der Waals surface area contributed by atoms with Crippen LogP contribution in [0, 0.1) is 0 Å². The van der Waals surface area contributed by atoms with Crippen molar-refractivity contribution in [1.82, 2.24) is 0 Å². The molecule has 0 bridgehead atoms. The third-order valence-electron chi connectivity index (χ3n) is 2.05. The van der Waals surface area contributed by atoms with Gasteiger partial charge in [-0.25, -0.2) is 14.4 Å². The predicted octanol–water partition coefficient (Wildman–Crippen LogP) is 2.56. The predicted molar refractivity (Wildman–Crippen MR) is 78.8 cm³/mol. The highest BCUT2D eigenvalue weighted by Gasteiger charge is 2.10. The number of hydrogen-bond acceptors (Lipinski definition) is 4. The average molecular weight is 298 g/mol. The number of rotatable bonds is 7. The second kappa shape index (κ2) is 11.5. The summed E-state index contributed by atoms with van der Waals surface area (Å²) in [6, 6.07) is 0. The van der Waals surface area contributed by atoms with E-state index >= 15 is 0 Å². The third-order valence-corrected chi connectivity index (χ3v) is 2.05. The van der Waals surface area contributed by atoms with E-state index in [4.69, 9.17) is 10.2 Å². The van der Waals surface area contributed by atoms with Gasteiger partial charge in [-0.2, -0.15) is 0 Å². The molecule has 6 nitrogen and oxygen atoms in total. The molecule has 0 saturated carbocycles. The van der Waals surface area contributed by atoms with E-state index in [9.17, 15) is 14.4 Å². The fourth-order valence-electron chi connectivity index (χ4n) is 1.00. The van der Waals surface area contributed by atoms with Gasteiger partial charge >= 0.3 is 17.9 Å². The summed E-state index contributed by atoms with van der Waals surface area (Å²) in [6.07, 6.45) is 2.38. The molecule has 0 aliphatic carbocycles. The second-order valence-electron chi connectivity index (χ2n) is 4.06. The maximum Gasteiger partial charge on any atom is 0.337 e. The van der Waals surface area contributed by atoms with Crippen molar-refractivity contribution in [1.29, 1.82) is 0 Å². The van der Waals surface area contributed by atoms with Crippen LogP contribution >= 0.6 is 0 Å². The third kappa shape index (κ3) is 11.2. The first-order chi connectivity index (χ1) is 9.67. The minimum atomic E-state index is -1.03. The largest absolute Gasteiger partial charge is 0.478 e. The molecule has 0 aromatic heterocycles. The first-order valence-electron chi connectivity index (χ1n) is 6.35. The molecule has 118 valence electrons. The topological polar surface area (TPSA) is 101 Å². The Kier molecular flexibility index (Phi) is 11.4. The normalized spacial score (nSPS) is 9.95. The maximum absolute atomic E-state index is 11.1. The van der Waals surface area contributed by atoms with Gasteiger partial charge in [0, 0.05) is 11.1 Å². The maximum atomic E-state index is 11.1. The highest BCUT2D eigenvalue weighted by atomic mass is 16.5. The summed E-state index contributed by atoms with van der Waals surface area (Å²) in [7, 11) is 0. The van der Waals surface area contributed by atoms with E-state index in [1.165, 1.54) is 13.0 Å². The first-order valence-corrected chi connectivity index (χ1v) is 6.35. The molecule has 0 rings (SSSR count). The van der Waals surface area contributed by atoms with Crippen LogP contribution in [-0.2, 0) is 19.1 Å². The van der Waals surface area contributed by atoms with Crippen LogP contribution in [0.1, 0.15) is 33.6 Å². The number of hydrogen-bond donors (Lipinski definition) is 2. The average Bonchev–Trinajstić information content (AvgIpc) is 2.38. The van der Waals surface area contributed by atoms with Crippen LogP contribution in [-0.4, -0.2) is 34.7 Å². The summed E-state index contributed by atoms with van der Waals surface area (Å²) in [6.45, 7) is 11.9. The van der Waals surface area contributed by atoms with Gasteiger partial charge in [-0.15, -0.1) is 0 Å². The molecule has 0 heterocycles. The van der Waals surface area contributed by atoms with E-state index in [1.807, 2.05) is 6.92 Å². The molecule has 0 atom stereocenters. The van der Waals surface area contributed by atoms with Gasteiger partial charge in [-0.1, -0.05) is 26.5 Å². The number of ether oxygens (including phenoxy) is 1. The first kappa shape index (κ1) is 20.9. The molecule has 0 spiro atoms. The molecule has 0 radical (unpaired) electrons. The fourth-order valence-corrected chi connectivity index (χ4v) is 1.00. The number of carbonyl (C=O) groups excluding carboxylic acids is 1. The Hall–Kier alpha value is -2.37. The van der Waals surface area contributed by atoms with Crippen molar-refractivity contribution in [2.45, 2.75) is 33.6 Å². The van der Waals surface area contributed by atoms with Gasteiger partial charge in [0.15, 0.2) is 0 Å². The standard InChI is InChI=1S/C11H16O4.C4H6O2/c1-4-6-9(10(12)13)7-8(3)11(14)15-5-2;1-3(2)4(5)6/h7H,3-6H2,1-2H3,(H,12,13);1H2,2H3,(H,5,6). The molecule has 0 aliphatic rings. The molecule has 0 unspecified atom stereocenters. The Bertz CT molecular complexity index is 433. The van der Waals surface area contributed by atoms with E-state index in [2.05, 4.69) is 17.9 Å². The zero-order valence-electron chi connectivity index (χ0n) is 12.6. The number of esters is 1. The van der Waals surface area contributed by atoms with Crippen LogP contribution in [0.2, 0.25) is 0 Å². The number of carbonyl (C=O) groups is 3. The molecule has 21 heavy (non-hydrogen) atoms. The van der Waals surface area contributed by atoms with Gasteiger partial charge in [0.2, 0.25) is 0 Å². The van der Waals surface area contributed by atoms with Crippen LogP contribution in [0.25, 0.3) is 0 Å². The van der Waals surface area contributed by atoms with Crippen molar-refractivity contribution in [3.63, 3.8) is 0 Å². The van der Waals surface area contributed by atoms with Gasteiger partial charge in [-0.05, 0) is 26.3 Å². The zero-order valence-corrected chi connectivity index (χ0v) is 12.6. The molecule has 0 aromatic carbocycles. The summed E-state index contributed by atoms with van der Waals surface area (Å²) in [4.78, 5) is 31.5. The molecule has 0 fully saturated rings. The van der Waals surface area contributed by atoms with E-state index in [0.29, 0.717) is 12.8 Å². The lowest BCUT2D eigenvalue weighted by atomic mass is 10.1. The number of carboxylic acids is 2. The highest BCUT2D eigenvalue weighted by Crippen LogP contribution is 2.09. The molecule has 0 aromatic rings. The van der Waals surface area contributed by atoms with Crippen molar-refractivity contribution in [3.8, 4) is 0 Å². The molecule has 0 saturated heterocycles. The lowest BCUT2D eigenvalue weighted by Crippen LogP contribution is -2.08. The molecular weight excluding hydrogens is 276 g/mol. The smallest absolute Gasteiger partial charge is 0.337 e. The van der Waals surface area contributed by atoms with Crippen LogP contribution in [0.4, 0.5) is 0 Å². The minimum absolute atomic E-state index is 0.0719. The molecule has 6 heteroatoms. The van der Waals surface area contributed by atoms with Crippen LogP contribution in [0.15, 0.2) is 36.0 Å². The van der Waals surface area contributed by atoms with E-state index in [0.717, 1.165) is 0 Å². The van der Waals surface area contributed by atoms with E-state index in [1.54, 1.807) is 6.92 Å². The lowest BCUT2D eigenvalue weighted by Gasteiger charge is -2.03. The van der Waals surface area contributed by atoms with Gasteiger partial charge in [0.1, 0.15) is 0 Å². The summed E-state index contributed by atoms with van der Waals surface area (Å²) < 4.78 is 4.69. The van der Waals surface area contributed by atoms with Gasteiger partial charge < -0.3 is 14.9 Å². The summed E-state index contributed by atoms with van der Waals surface area (Å²) in [5.74, 6) is -2.54. The summed E-state index contributed by atoms with van der Waals surface area (Å²) in [5, 5.41) is 16.7. The summed E-state index contributed by atoms with van der Waals surface area (Å²) in [5.41, 5.74) is 0.424. The summed E-state index contributed by atoms with van der Waals surface area (Å²) >= 11 is 0. The Labute approximate surface area is 124 Å². The Morgan fingerprint density at radius 2 is 1.57 bits per heavy atom. The Morgan fingerprint density at radius 1 is 1.10 bits per heavy atom. The van der Waals surface area contributed by atoms with Crippen molar-refractivity contribution in [2.24, 2.45) is 0 Å². The van der Waals surface area contributed by atoms with Crippen molar-refractivity contribution in [2.75, 3.05) is 6.61 Å². The van der Waals surface area contributed by atoms with E-state index in [-0.39, 0.29) is 23.3 Å². The molecule has 0 aliphatic heterocycles. The van der Waals surface area contributed by atoms with Gasteiger partial charge in [-0.3, -0.25) is 0 Å². The molecule has 0 amide bonds. The zero-order chi connectivity index (χ0) is 17.0. The van der Waals surface area contributed by atoms with Crippen LogP contribution in [0.3, 0.4) is 0 Å². The highest BCUT2D eigenvalue weighted by molar-refractivity contribution is 5.95. The van der Waals surface area contributed by atoms with Crippen LogP contribution in [0.5, 0.6) is 0 Å².